The maximum absolute atomic E-state index is 12.7. The molecule has 2 aromatic rings. The van der Waals surface area contributed by atoms with E-state index in [0.717, 1.165) is 0 Å². The largest absolute Gasteiger partial charge is 0.489 e. The van der Waals surface area contributed by atoms with Gasteiger partial charge in [0.25, 0.3) is 0 Å². The number of rotatable bonds is 4. The van der Waals surface area contributed by atoms with E-state index in [1.165, 1.54) is 4.31 Å². The predicted molar refractivity (Wildman–Crippen MR) is 78.0 cm³/mol. The highest BCUT2D eigenvalue weighted by Gasteiger charge is 2.37. The molecule has 0 aromatic carbocycles. The van der Waals surface area contributed by atoms with Gasteiger partial charge in [-0.15, -0.1) is 0 Å². The van der Waals surface area contributed by atoms with Gasteiger partial charge in [0.15, 0.2) is 5.76 Å². The molecule has 0 radical (unpaired) electrons. The second kappa shape index (κ2) is 5.69. The minimum Gasteiger partial charge on any atom is -0.489 e. The van der Waals surface area contributed by atoms with Crippen LogP contribution in [0, 0.1) is 13.8 Å². The molecule has 0 bridgehead atoms. The zero-order chi connectivity index (χ0) is 15.7. The van der Waals surface area contributed by atoms with Crippen molar-refractivity contribution in [1.82, 2.24) is 14.4 Å². The standard InChI is InChI=1S/C14H17N3O4S/c1-10-14(11(2)21-16-10)22(18,19)17-8-5-13(9-17)20-12-3-6-15-7-4-12/h3-4,6-7,13H,5,8-9H2,1-2H3/t13-/m1/s1. The Balaban J connectivity index is 1.75. The highest BCUT2D eigenvalue weighted by Crippen LogP contribution is 2.27. The molecule has 118 valence electrons. The fraction of sp³-hybridized carbons (Fsp3) is 0.429. The fourth-order valence-electron chi connectivity index (χ4n) is 2.59. The lowest BCUT2D eigenvalue weighted by molar-refractivity contribution is 0.215. The molecule has 0 unspecified atom stereocenters. The molecule has 1 aliphatic heterocycles. The Morgan fingerprint density at radius 3 is 2.68 bits per heavy atom. The van der Waals surface area contributed by atoms with Gasteiger partial charge in [-0.25, -0.2) is 8.42 Å². The Kier molecular flexibility index (Phi) is 3.88. The van der Waals surface area contributed by atoms with E-state index < -0.39 is 10.0 Å². The molecule has 3 rings (SSSR count). The van der Waals surface area contributed by atoms with Crippen LogP contribution in [0.2, 0.25) is 0 Å². The van der Waals surface area contributed by atoms with Crippen molar-refractivity contribution in [2.45, 2.75) is 31.3 Å². The first-order chi connectivity index (χ1) is 10.5. The summed E-state index contributed by atoms with van der Waals surface area (Å²) in [6, 6.07) is 3.51. The smallest absolute Gasteiger partial charge is 0.248 e. The van der Waals surface area contributed by atoms with Crippen molar-refractivity contribution in [2.75, 3.05) is 13.1 Å². The van der Waals surface area contributed by atoms with Gasteiger partial charge in [-0.1, -0.05) is 5.16 Å². The zero-order valence-corrected chi connectivity index (χ0v) is 13.2. The first-order valence-electron chi connectivity index (χ1n) is 6.98. The maximum atomic E-state index is 12.7. The summed E-state index contributed by atoms with van der Waals surface area (Å²) in [5.41, 5.74) is 0.385. The maximum Gasteiger partial charge on any atom is 0.248 e. The molecule has 0 N–H and O–H groups in total. The molecule has 0 amide bonds. The highest BCUT2D eigenvalue weighted by atomic mass is 32.2. The Bertz CT molecular complexity index is 738. The van der Waals surface area contributed by atoms with E-state index in [0.29, 0.717) is 36.7 Å². The molecule has 0 spiro atoms. The van der Waals surface area contributed by atoms with Crippen molar-refractivity contribution in [2.24, 2.45) is 0 Å². The second-order valence-corrected chi connectivity index (χ2v) is 7.10. The number of sulfonamides is 1. The summed E-state index contributed by atoms with van der Waals surface area (Å²) >= 11 is 0. The minimum absolute atomic E-state index is 0.164. The Morgan fingerprint density at radius 1 is 1.32 bits per heavy atom. The number of aromatic nitrogens is 2. The first-order valence-corrected chi connectivity index (χ1v) is 8.42. The Labute approximate surface area is 128 Å². The SMILES string of the molecule is Cc1noc(C)c1S(=O)(=O)N1CC[C@@H](Oc2ccncc2)C1. The van der Waals surface area contributed by atoms with Crippen molar-refractivity contribution in [3.63, 3.8) is 0 Å². The molecule has 22 heavy (non-hydrogen) atoms. The van der Waals surface area contributed by atoms with Gasteiger partial charge in [0, 0.05) is 18.9 Å². The van der Waals surface area contributed by atoms with Gasteiger partial charge < -0.3 is 9.26 Å². The van der Waals surface area contributed by atoms with Crippen LogP contribution in [0.1, 0.15) is 17.9 Å². The van der Waals surface area contributed by atoms with E-state index in [4.69, 9.17) is 9.26 Å². The third-order valence-corrected chi connectivity index (χ3v) is 5.74. The van der Waals surface area contributed by atoms with E-state index >= 15 is 0 Å². The van der Waals surface area contributed by atoms with Gasteiger partial charge >= 0.3 is 0 Å². The Morgan fingerprint density at radius 2 is 2.05 bits per heavy atom. The van der Waals surface area contributed by atoms with E-state index in [1.807, 2.05) is 0 Å². The van der Waals surface area contributed by atoms with Crippen LogP contribution >= 0.6 is 0 Å². The van der Waals surface area contributed by atoms with Crippen LogP contribution in [0.4, 0.5) is 0 Å². The third kappa shape index (κ3) is 2.71. The quantitative estimate of drug-likeness (QED) is 0.848. The number of pyridine rings is 1. The van der Waals surface area contributed by atoms with Crippen LogP contribution in [0.25, 0.3) is 0 Å². The van der Waals surface area contributed by atoms with E-state index in [1.54, 1.807) is 38.4 Å². The van der Waals surface area contributed by atoms with Gasteiger partial charge in [-0.3, -0.25) is 4.98 Å². The lowest BCUT2D eigenvalue weighted by atomic mass is 10.3. The monoisotopic (exact) mass is 323 g/mol. The number of nitrogens with zero attached hydrogens (tertiary/aromatic N) is 3. The van der Waals surface area contributed by atoms with E-state index in [-0.39, 0.29) is 11.0 Å². The van der Waals surface area contributed by atoms with Crippen LogP contribution in [-0.2, 0) is 10.0 Å². The Hall–Kier alpha value is -1.93. The van der Waals surface area contributed by atoms with Gasteiger partial charge in [-0.05, 0) is 32.4 Å². The second-order valence-electron chi connectivity index (χ2n) is 5.23. The molecule has 8 heteroatoms. The number of hydrogen-bond acceptors (Lipinski definition) is 6. The molecule has 1 fully saturated rings. The molecule has 1 saturated heterocycles. The average molecular weight is 323 g/mol. The number of hydrogen-bond donors (Lipinski definition) is 0. The zero-order valence-electron chi connectivity index (χ0n) is 12.4. The van der Waals surface area contributed by atoms with E-state index in [2.05, 4.69) is 10.1 Å². The summed E-state index contributed by atoms with van der Waals surface area (Å²) in [5.74, 6) is 1.01. The van der Waals surface area contributed by atoms with Crippen molar-refractivity contribution in [3.05, 3.63) is 36.0 Å². The molecule has 7 nitrogen and oxygen atoms in total. The van der Waals surface area contributed by atoms with Crippen LogP contribution in [0.5, 0.6) is 5.75 Å². The summed E-state index contributed by atoms with van der Waals surface area (Å²) in [4.78, 5) is 4.09. The topological polar surface area (TPSA) is 85.5 Å². The van der Waals surface area contributed by atoms with Crippen LogP contribution < -0.4 is 4.74 Å². The van der Waals surface area contributed by atoms with Crippen molar-refractivity contribution in [3.8, 4) is 5.75 Å². The molecule has 0 saturated carbocycles. The van der Waals surface area contributed by atoms with Crippen molar-refractivity contribution in [1.29, 1.82) is 0 Å². The first kappa shape index (κ1) is 15.0. The van der Waals surface area contributed by atoms with Crippen LogP contribution in [-0.4, -0.2) is 42.1 Å². The summed E-state index contributed by atoms with van der Waals surface area (Å²) in [6.45, 7) is 3.97. The molecular weight excluding hydrogens is 306 g/mol. The third-order valence-electron chi connectivity index (χ3n) is 3.63. The fourth-order valence-corrected chi connectivity index (χ4v) is 4.37. The van der Waals surface area contributed by atoms with Crippen LogP contribution in [0.3, 0.4) is 0 Å². The predicted octanol–water partition coefficient (Wildman–Crippen LogP) is 1.53. The van der Waals surface area contributed by atoms with Gasteiger partial charge in [0.05, 0.1) is 6.54 Å². The number of ether oxygens (including phenoxy) is 1. The molecular formula is C14H17N3O4S. The molecule has 1 atom stereocenters. The summed E-state index contributed by atoms with van der Waals surface area (Å²) < 4.78 is 37.6. The molecule has 0 aliphatic carbocycles. The average Bonchev–Trinajstić information content (AvgIpc) is 3.08. The lowest BCUT2D eigenvalue weighted by Crippen LogP contribution is -2.31. The summed E-state index contributed by atoms with van der Waals surface area (Å²) in [6.07, 6.45) is 3.76. The summed E-state index contributed by atoms with van der Waals surface area (Å²) in [5, 5.41) is 3.72. The highest BCUT2D eigenvalue weighted by molar-refractivity contribution is 7.89. The van der Waals surface area contributed by atoms with E-state index in [9.17, 15) is 8.42 Å². The van der Waals surface area contributed by atoms with Gasteiger partial charge in [-0.2, -0.15) is 4.31 Å². The van der Waals surface area contributed by atoms with Crippen molar-refractivity contribution < 1.29 is 17.7 Å². The molecule has 1 aliphatic rings. The molecule has 3 heterocycles. The lowest BCUT2D eigenvalue weighted by Gasteiger charge is -2.17. The van der Waals surface area contributed by atoms with Gasteiger partial charge in [0.2, 0.25) is 10.0 Å². The van der Waals surface area contributed by atoms with Crippen LogP contribution in [0.15, 0.2) is 33.9 Å². The number of aryl methyl sites for hydroxylation is 2. The van der Waals surface area contributed by atoms with Crippen molar-refractivity contribution >= 4 is 10.0 Å². The van der Waals surface area contributed by atoms with Gasteiger partial charge in [0.1, 0.15) is 22.4 Å². The summed E-state index contributed by atoms with van der Waals surface area (Å²) in [7, 11) is -3.60. The minimum atomic E-state index is -3.60. The molecule has 2 aromatic heterocycles. The normalized spacial score (nSPS) is 19.5.